The molecule has 0 N–H and O–H groups in total. The van der Waals surface area contributed by atoms with E-state index in [1.807, 2.05) is 178 Å². The summed E-state index contributed by atoms with van der Waals surface area (Å²) in [5.74, 6) is 1.27. The third kappa shape index (κ3) is 25.0. The van der Waals surface area contributed by atoms with Gasteiger partial charge < -0.3 is 76.5 Å². The minimum atomic E-state index is -0.908. The Balaban J connectivity index is 0.000000169. The SMILES string of the molecule is COC[C@@H]1[C@@H]2CN(C(=O)[C@H](C(C)(C)C)CC(=O)O[C@@H]3C[C@H]3CCCCCCc3nc4ccc(OC)cc4nc3O2)[C@@H]1[C-]=O.COc1ccc2nc3c(nc2c1)O[C@H]1CN(C(=O)[C@H](C(C)(C)C)CC(=O)O[C@@H]2CC4CC4[C@H]2CCCCC3)[C@H]([C-]=O)[C@@H]1c1ccccc1.COc1ccc2nc3c(nc2c1)O[C@H]1CN(C(=O)[C@H](C(C)(C)C)CC(=O)O[C@@H]2[C@H]4CC[C@H](C4)[C@H]2CCCCC3)[C@H]([C-]=O)[C@@H]1c1ccccc1.[V].[V].[V]. The summed E-state index contributed by atoms with van der Waals surface area (Å²) >= 11 is 0. The van der Waals surface area contributed by atoms with Crippen LogP contribution in [0.15, 0.2) is 115 Å². The Morgan fingerprint density at radius 3 is 1.15 bits per heavy atom. The third-order valence-electron chi connectivity index (χ3n) is 32.0. The number of esters is 3. The standard InChI is InChI=1S/C40H48N3O6.C39H46N3O6.C33H44N3O7.3V/c1-40(2,3)29-21-35(45)49-37-26-16-15-25(19-26)28(37)13-9-6-10-14-31-38(42-32-20-27(47-4)17-18-30(32)41-31)48-34-22-43(39(29)46)33(23-44)36(34)24-11-7-5-8-12-24;1-39(2,3)28-20-35(44)47-33-18-24-17-27(24)26(33)13-9-6-10-14-30-37(41-31-19-25(46-4)15-16-29(31)40-30)48-34-21-42(38(28)45)32(22-43)36(34)23-11-7-5-8-12-23;1-33(2,3)23-16-30(38)42-28-14-20(28)10-8-6-7-9-11-25-31(35-26-15-21(41-5)12-13-24(26)34-25)43-29-17-36(32(23)39)27(18-37)22(29)19-40-4;;;/h5,7-8,11-12,17-18,20,25-26,28-29,33-34,36-37H,6,9-10,13-16,19,21-22H2,1-4H3;5,7-8,11-12,15-16,19,24,26-28,32-34,36H,6,9-10,13-14,17-18,20-21H2,1-4H3;12-13,15,20,22-23,27-29H,6-11,14,16-17,19H2,1-5H3;;;/q3*-1;;;/t25-,26+,28-,29-,33-,34+,36+,37-;24?,26-,27?,28-,32-,33-,34+,36+;20-,22+,23-,27-,28-,29+;;;/m111.../s1. The molecular weight excluding hydrogens is 1930 g/mol. The van der Waals surface area contributed by atoms with E-state index in [1.165, 1.54) is 17.7 Å². The summed E-state index contributed by atoms with van der Waals surface area (Å²) in [7, 11) is 6.39. The van der Waals surface area contributed by atoms with Gasteiger partial charge in [0.2, 0.25) is 35.4 Å². The van der Waals surface area contributed by atoms with Gasteiger partial charge in [-0.2, -0.15) is 0 Å². The van der Waals surface area contributed by atoms with Crippen molar-refractivity contribution in [1.82, 2.24) is 44.6 Å². The van der Waals surface area contributed by atoms with Gasteiger partial charge in [0.05, 0.1) is 118 Å². The van der Waals surface area contributed by atoms with Crippen molar-refractivity contribution in [1.29, 1.82) is 0 Å². The second-order valence-electron chi connectivity index (χ2n) is 44.2. The zero-order valence-electron chi connectivity index (χ0n) is 84.8. The Morgan fingerprint density at radius 1 is 0.350 bits per heavy atom. The van der Waals surface area contributed by atoms with Crippen LogP contribution in [-0.2, 0) is 137 Å². The molecule has 3 amide bonds. The maximum Gasteiger partial charge on any atom is 0.306 e. The molecule has 5 aliphatic carbocycles. The molecule has 28 nitrogen and oxygen atoms in total. The smallest absolute Gasteiger partial charge is 0.306 e. The zero-order valence-corrected chi connectivity index (χ0v) is 89.0. The molecule has 8 aromatic rings. The Labute approximate surface area is 876 Å². The maximum atomic E-state index is 14.6. The number of ether oxygens (including phenoxy) is 10. The molecule has 31 heteroatoms. The molecule has 763 valence electrons. The first kappa shape index (κ1) is 109. The van der Waals surface area contributed by atoms with Crippen LogP contribution in [0.2, 0.25) is 0 Å². The van der Waals surface area contributed by atoms with Gasteiger partial charge in [0.1, 0.15) is 71.0 Å². The molecule has 11 aliphatic rings. The van der Waals surface area contributed by atoms with E-state index in [9.17, 15) is 43.2 Å². The molecule has 8 bridgehead atoms. The number of rotatable bonds is 10. The van der Waals surface area contributed by atoms with E-state index in [1.54, 1.807) is 38.2 Å². The molecule has 3 saturated heterocycles. The molecule has 9 heterocycles. The van der Waals surface area contributed by atoms with Crippen molar-refractivity contribution in [3.63, 3.8) is 0 Å². The molecule has 2 unspecified atom stereocenters. The second kappa shape index (κ2) is 47.5. The predicted molar refractivity (Wildman–Crippen MR) is 524 cm³/mol. The summed E-state index contributed by atoms with van der Waals surface area (Å²) in [4.78, 5) is 156. The maximum absolute atomic E-state index is 14.6. The first-order chi connectivity index (χ1) is 67.4. The van der Waals surface area contributed by atoms with Crippen LogP contribution in [0.5, 0.6) is 34.9 Å². The van der Waals surface area contributed by atoms with Crippen LogP contribution in [0.25, 0.3) is 33.1 Å². The molecule has 8 fully saturated rings. The number of benzene rings is 5. The Hall–Kier alpha value is -9.54. The van der Waals surface area contributed by atoms with Gasteiger partial charge in [0.15, 0.2) is 0 Å². The fraction of sp³-hybridized carbons (Fsp3) is 0.598. The molecule has 3 aromatic heterocycles. The average Bonchev–Trinajstić information content (AvgIpc) is 1.60. The number of hydrogen-bond donors (Lipinski definition) is 0. The van der Waals surface area contributed by atoms with Gasteiger partial charge >= 0.3 is 17.9 Å². The second-order valence-corrected chi connectivity index (χ2v) is 44.2. The van der Waals surface area contributed by atoms with Gasteiger partial charge in [-0.1, -0.05) is 186 Å². The van der Waals surface area contributed by atoms with Gasteiger partial charge in [-0.15, -0.1) is 0 Å². The van der Waals surface area contributed by atoms with Crippen molar-refractivity contribution >= 4 is 87.6 Å². The molecule has 3 radical (unpaired) electrons. The topological polar surface area (TPSA) is 333 Å². The number of fused-ring (bicyclic) bond motifs is 21. The van der Waals surface area contributed by atoms with E-state index in [0.717, 1.165) is 154 Å². The summed E-state index contributed by atoms with van der Waals surface area (Å²) in [6.45, 7) is 18.2. The van der Waals surface area contributed by atoms with Crippen molar-refractivity contribution in [3.05, 3.63) is 143 Å². The number of aryl methyl sites for hydroxylation is 3. The van der Waals surface area contributed by atoms with Crippen molar-refractivity contribution in [2.24, 2.45) is 81.3 Å². The fourth-order valence-corrected chi connectivity index (χ4v) is 24.0. The van der Waals surface area contributed by atoms with Crippen molar-refractivity contribution in [2.75, 3.05) is 54.7 Å². The van der Waals surface area contributed by atoms with Gasteiger partial charge in [-0.05, 0) is 202 Å². The number of methoxy groups -OCH3 is 4. The number of hydrogen-bond acceptors (Lipinski definition) is 25. The minimum absolute atomic E-state index is 0. The fourth-order valence-electron chi connectivity index (χ4n) is 24.0. The van der Waals surface area contributed by atoms with Crippen LogP contribution >= 0.6 is 0 Å². The largest absolute Gasteiger partial charge is 0.540 e. The first-order valence-electron chi connectivity index (χ1n) is 51.2. The molecule has 5 saturated carbocycles. The summed E-state index contributed by atoms with van der Waals surface area (Å²) < 4.78 is 60.3. The summed E-state index contributed by atoms with van der Waals surface area (Å²) in [6, 6.07) is 33.5. The number of nitrogens with zero attached hydrogens (tertiary/aromatic N) is 9. The molecule has 19 rings (SSSR count). The quantitative estimate of drug-likeness (QED) is 0.0697. The Kier molecular flexibility index (Phi) is 36.3. The number of amides is 3. The van der Waals surface area contributed by atoms with Crippen molar-refractivity contribution < 1.29 is 146 Å². The summed E-state index contributed by atoms with van der Waals surface area (Å²) in [6.07, 6.45) is 26.0. The van der Waals surface area contributed by atoms with Crippen molar-refractivity contribution in [3.8, 4) is 34.9 Å². The molecule has 6 aliphatic heterocycles. The van der Waals surface area contributed by atoms with Gasteiger partial charge in [-0.25, -0.2) is 48.8 Å². The molecule has 0 spiro atoms. The summed E-state index contributed by atoms with van der Waals surface area (Å²) in [5, 5.41) is 0. The summed E-state index contributed by atoms with van der Waals surface area (Å²) in [5.41, 5.74) is 6.54. The van der Waals surface area contributed by atoms with Crippen LogP contribution in [0.4, 0.5) is 0 Å². The van der Waals surface area contributed by atoms with E-state index in [-0.39, 0.29) is 155 Å². The van der Waals surface area contributed by atoms with Crippen LogP contribution in [0.3, 0.4) is 0 Å². The van der Waals surface area contributed by atoms with Crippen LogP contribution in [0.1, 0.15) is 244 Å². The van der Waals surface area contributed by atoms with E-state index >= 15 is 0 Å². The minimum Gasteiger partial charge on any atom is -0.540 e. The number of aromatic nitrogens is 6. The molecule has 5 aromatic carbocycles. The van der Waals surface area contributed by atoms with E-state index < -0.39 is 88.2 Å². The first-order valence-corrected chi connectivity index (χ1v) is 51.2. The van der Waals surface area contributed by atoms with E-state index in [0.29, 0.717) is 112 Å². The molecule has 22 atom stereocenters. The normalized spacial score (nSPS) is 29.7. The van der Waals surface area contributed by atoms with Crippen LogP contribution < -0.4 is 28.4 Å². The van der Waals surface area contributed by atoms with Gasteiger partial charge in [0.25, 0.3) is 0 Å². The van der Waals surface area contributed by atoms with Crippen LogP contribution in [-0.4, -0.2) is 209 Å². The van der Waals surface area contributed by atoms with E-state index in [4.69, 9.17) is 77.3 Å². The van der Waals surface area contributed by atoms with E-state index in [2.05, 4.69) is 18.9 Å². The third-order valence-corrected chi connectivity index (χ3v) is 32.0. The van der Waals surface area contributed by atoms with Gasteiger partial charge in [-0.3, -0.25) is 28.8 Å². The Bertz CT molecular complexity index is 5810. The monoisotopic (exact) mass is 2070 g/mol. The number of carbonyl (C=O) groups excluding carboxylic acids is 9. The Morgan fingerprint density at radius 2 is 0.727 bits per heavy atom. The molecular formula is C112H138N9O19V3-3. The number of carbonyl (C=O) groups is 6. The predicted octanol–water partition coefficient (Wildman–Crippen LogP) is 17.3. The zero-order chi connectivity index (χ0) is 98.6. The average molecular weight is 2070 g/mol. The van der Waals surface area contributed by atoms with Crippen molar-refractivity contribution in [2.45, 2.75) is 289 Å². The van der Waals surface area contributed by atoms with Gasteiger partial charge in [0, 0.05) is 98.7 Å². The molecule has 143 heavy (non-hydrogen) atoms. The van der Waals surface area contributed by atoms with Crippen LogP contribution in [0, 0.1) is 81.3 Å².